The highest BCUT2D eigenvalue weighted by atomic mass is 15.0. The molecule has 120 valence electrons. The highest BCUT2D eigenvalue weighted by Gasteiger charge is 2.01. The number of hydrogen-bond donors (Lipinski definition) is 0. The van der Waals surface area contributed by atoms with Gasteiger partial charge in [0.25, 0.3) is 0 Å². The Morgan fingerprint density at radius 1 is 0.636 bits per heavy atom. The van der Waals surface area contributed by atoms with Crippen LogP contribution in [0.1, 0.15) is 24.0 Å². The summed E-state index contributed by atoms with van der Waals surface area (Å²) in [7, 11) is 8.56. The lowest BCUT2D eigenvalue weighted by Crippen LogP contribution is -2.13. The molecule has 0 spiro atoms. The van der Waals surface area contributed by atoms with E-state index in [0.29, 0.717) is 0 Å². The van der Waals surface area contributed by atoms with Crippen LogP contribution in [0.4, 0.5) is 0 Å². The molecule has 0 saturated carbocycles. The largest absolute Gasteiger partial charge is 0.309 e. The maximum atomic E-state index is 2.38. The monoisotopic (exact) mass is 298 g/mol. The zero-order valence-corrected chi connectivity index (χ0v) is 14.6. The summed E-state index contributed by atoms with van der Waals surface area (Å²) < 4.78 is 0. The van der Waals surface area contributed by atoms with Crippen LogP contribution >= 0.6 is 0 Å². The summed E-state index contributed by atoms with van der Waals surface area (Å²) >= 11 is 0. The van der Waals surface area contributed by atoms with Crippen molar-refractivity contribution in [2.24, 2.45) is 0 Å². The summed E-state index contributed by atoms with van der Waals surface area (Å²) in [6, 6.07) is 13.8. The van der Waals surface area contributed by atoms with Gasteiger partial charge in [0, 0.05) is 0 Å². The third-order valence-electron chi connectivity index (χ3n) is 4.11. The highest BCUT2D eigenvalue weighted by Crippen LogP contribution is 2.19. The van der Waals surface area contributed by atoms with E-state index in [2.05, 4.69) is 74.4 Å². The molecule has 0 saturated heterocycles. The van der Waals surface area contributed by atoms with Gasteiger partial charge in [-0.05, 0) is 88.9 Å². The summed E-state index contributed by atoms with van der Waals surface area (Å²) in [6.45, 7) is 2.31. The van der Waals surface area contributed by atoms with Crippen LogP contribution in [0.2, 0.25) is 0 Å². The zero-order chi connectivity index (χ0) is 15.9. The molecule has 0 aliphatic heterocycles. The molecule has 0 fully saturated rings. The second kappa shape index (κ2) is 8.30. The van der Waals surface area contributed by atoms with Crippen LogP contribution in [-0.2, 0) is 12.8 Å². The predicted molar refractivity (Wildman–Crippen MR) is 97.7 cm³/mol. The van der Waals surface area contributed by atoms with E-state index in [-0.39, 0.29) is 0 Å². The van der Waals surface area contributed by atoms with Crippen LogP contribution < -0.4 is 0 Å². The van der Waals surface area contributed by atoms with Gasteiger partial charge in [0.1, 0.15) is 0 Å². The van der Waals surface area contributed by atoms with Crippen LogP contribution in [0.15, 0.2) is 36.4 Å². The molecule has 0 heterocycles. The Hall–Kier alpha value is -1.38. The van der Waals surface area contributed by atoms with Gasteiger partial charge in [-0.3, -0.25) is 0 Å². The maximum Gasteiger partial charge on any atom is -0.00217 e. The van der Waals surface area contributed by atoms with Crippen LogP contribution in [-0.4, -0.2) is 51.1 Å². The first-order valence-corrected chi connectivity index (χ1v) is 8.35. The molecule has 0 amide bonds. The second-order valence-corrected chi connectivity index (χ2v) is 6.83. The van der Waals surface area contributed by atoms with Crippen molar-refractivity contribution in [2.45, 2.75) is 25.7 Å². The number of hydrogen-bond acceptors (Lipinski definition) is 2. The van der Waals surface area contributed by atoms with E-state index in [9.17, 15) is 0 Å². The highest BCUT2D eigenvalue weighted by molar-refractivity contribution is 5.83. The normalized spacial score (nSPS) is 11.7. The zero-order valence-electron chi connectivity index (χ0n) is 14.6. The Kier molecular flexibility index (Phi) is 6.41. The van der Waals surface area contributed by atoms with Gasteiger partial charge in [-0.1, -0.05) is 36.4 Å². The van der Waals surface area contributed by atoms with E-state index in [1.807, 2.05) is 0 Å². The van der Waals surface area contributed by atoms with Crippen molar-refractivity contribution in [3.63, 3.8) is 0 Å². The van der Waals surface area contributed by atoms with Gasteiger partial charge in [-0.15, -0.1) is 0 Å². The van der Waals surface area contributed by atoms with E-state index in [1.165, 1.54) is 47.6 Å². The van der Waals surface area contributed by atoms with Crippen molar-refractivity contribution >= 4 is 10.8 Å². The molecule has 0 bridgehead atoms. The second-order valence-electron chi connectivity index (χ2n) is 6.83. The summed E-state index contributed by atoms with van der Waals surface area (Å²) in [5.41, 5.74) is 2.92. The maximum absolute atomic E-state index is 2.38. The van der Waals surface area contributed by atoms with Gasteiger partial charge in [-0.2, -0.15) is 0 Å². The molecule has 2 heteroatoms. The van der Waals surface area contributed by atoms with Crippen molar-refractivity contribution in [1.29, 1.82) is 0 Å². The van der Waals surface area contributed by atoms with Crippen molar-refractivity contribution < 1.29 is 0 Å². The number of benzene rings is 2. The average molecular weight is 298 g/mol. The molecule has 22 heavy (non-hydrogen) atoms. The Labute approximate surface area is 135 Å². The fourth-order valence-corrected chi connectivity index (χ4v) is 2.86. The molecule has 0 radical (unpaired) electrons. The fourth-order valence-electron chi connectivity index (χ4n) is 2.86. The van der Waals surface area contributed by atoms with Crippen molar-refractivity contribution in [1.82, 2.24) is 9.80 Å². The molecule has 0 unspecified atom stereocenters. The molecule has 0 atom stereocenters. The first kappa shape index (κ1) is 17.0. The minimum Gasteiger partial charge on any atom is -0.309 e. The Balaban J connectivity index is 2.02. The predicted octanol–water partition coefficient (Wildman–Crippen LogP) is 3.83. The van der Waals surface area contributed by atoms with E-state index in [0.717, 1.165) is 13.1 Å². The quantitative estimate of drug-likeness (QED) is 0.731. The number of nitrogens with zero attached hydrogens (tertiary/aromatic N) is 2. The van der Waals surface area contributed by atoms with E-state index >= 15 is 0 Å². The molecule has 0 N–H and O–H groups in total. The first-order valence-electron chi connectivity index (χ1n) is 8.35. The molecule has 0 aliphatic rings. The Morgan fingerprint density at radius 2 is 1.09 bits per heavy atom. The van der Waals surface area contributed by atoms with Gasteiger partial charge in [0.2, 0.25) is 0 Å². The van der Waals surface area contributed by atoms with Crippen LogP contribution in [0.5, 0.6) is 0 Å². The lowest BCUT2D eigenvalue weighted by Gasteiger charge is -2.11. The topological polar surface area (TPSA) is 6.48 Å². The van der Waals surface area contributed by atoms with Crippen LogP contribution in [0.3, 0.4) is 0 Å². The molecule has 2 aromatic rings. The first-order chi connectivity index (χ1) is 10.5. The van der Waals surface area contributed by atoms with Gasteiger partial charge in [0.15, 0.2) is 0 Å². The van der Waals surface area contributed by atoms with Gasteiger partial charge in [0.05, 0.1) is 0 Å². The van der Waals surface area contributed by atoms with E-state index < -0.39 is 0 Å². The van der Waals surface area contributed by atoms with Gasteiger partial charge < -0.3 is 9.80 Å². The minimum atomic E-state index is 1.16. The van der Waals surface area contributed by atoms with Gasteiger partial charge in [-0.25, -0.2) is 0 Å². The number of aryl methyl sites for hydroxylation is 2. The average Bonchev–Trinajstić information content (AvgIpc) is 2.46. The smallest absolute Gasteiger partial charge is 0.00217 e. The molecular formula is C20H30N2. The molecular weight excluding hydrogens is 268 g/mol. The Morgan fingerprint density at radius 3 is 1.50 bits per heavy atom. The number of rotatable bonds is 8. The van der Waals surface area contributed by atoms with Crippen molar-refractivity contribution in [3.05, 3.63) is 47.5 Å². The molecule has 0 aromatic heterocycles. The van der Waals surface area contributed by atoms with Crippen molar-refractivity contribution in [2.75, 3.05) is 41.3 Å². The number of fused-ring (bicyclic) bond motifs is 1. The summed E-state index contributed by atoms with van der Waals surface area (Å²) in [6.07, 6.45) is 4.78. The van der Waals surface area contributed by atoms with Crippen LogP contribution in [0.25, 0.3) is 10.8 Å². The Bertz CT molecular complexity index is 539. The molecule has 2 nitrogen and oxygen atoms in total. The lowest BCUT2D eigenvalue weighted by molar-refractivity contribution is 0.400. The summed E-state index contributed by atoms with van der Waals surface area (Å²) in [5.74, 6) is 0. The molecule has 2 aromatic carbocycles. The van der Waals surface area contributed by atoms with E-state index in [1.54, 1.807) is 0 Å². The lowest BCUT2D eigenvalue weighted by atomic mass is 10.00. The van der Waals surface area contributed by atoms with Crippen LogP contribution in [0, 0.1) is 0 Å². The summed E-state index contributed by atoms with van der Waals surface area (Å²) in [5, 5.41) is 2.75. The minimum absolute atomic E-state index is 1.16. The third-order valence-corrected chi connectivity index (χ3v) is 4.11. The van der Waals surface area contributed by atoms with E-state index in [4.69, 9.17) is 0 Å². The summed E-state index contributed by atoms with van der Waals surface area (Å²) in [4.78, 5) is 4.51. The van der Waals surface area contributed by atoms with Gasteiger partial charge >= 0.3 is 0 Å². The standard InChI is InChI=1S/C20H30N2/c1-21(2)13-5-7-17-9-11-19-12-10-18(16-20(19)15-17)8-6-14-22(3)4/h9-12,15-16H,5-8,13-14H2,1-4H3. The third kappa shape index (κ3) is 5.43. The fraction of sp³-hybridized carbons (Fsp3) is 0.500. The molecule has 0 aliphatic carbocycles. The SMILES string of the molecule is CN(C)CCCc1ccc2ccc(CCCN(C)C)cc2c1. The van der Waals surface area contributed by atoms with Crippen molar-refractivity contribution in [3.8, 4) is 0 Å². The molecule has 2 rings (SSSR count).